The molecule has 1 aromatic rings. The molecular formula is C25H38F2. The molecule has 2 heteroatoms. The zero-order valence-electron chi connectivity index (χ0n) is 18.0. The number of hydrogen-bond acceptors (Lipinski definition) is 0. The van der Waals surface area contributed by atoms with E-state index >= 15 is 0 Å². The number of hydrogen-bond donors (Lipinski definition) is 0. The summed E-state index contributed by atoms with van der Waals surface area (Å²) in [6, 6.07) is 3.12. The molecule has 0 radical (unpaired) electrons. The quantitative estimate of drug-likeness (QED) is 0.458. The van der Waals surface area contributed by atoms with E-state index in [9.17, 15) is 8.78 Å². The van der Waals surface area contributed by atoms with Gasteiger partial charge in [0.15, 0.2) is 0 Å². The first-order valence-corrected chi connectivity index (χ1v) is 10.8. The normalized spacial score (nSPS) is 27.3. The van der Waals surface area contributed by atoms with Crippen LogP contribution in [0.5, 0.6) is 0 Å². The third-order valence-electron chi connectivity index (χ3n) is 6.27. The fourth-order valence-corrected chi connectivity index (χ4v) is 4.58. The van der Waals surface area contributed by atoms with Crippen LogP contribution in [-0.2, 0) is 0 Å². The second-order valence-electron chi connectivity index (χ2n) is 8.03. The number of rotatable bonds is 2. The molecule has 3 rings (SSSR count). The summed E-state index contributed by atoms with van der Waals surface area (Å²) in [5.41, 5.74) is 1.02. The van der Waals surface area contributed by atoms with Crippen LogP contribution in [0.2, 0.25) is 0 Å². The van der Waals surface area contributed by atoms with E-state index in [-0.39, 0.29) is 5.56 Å². The summed E-state index contributed by atoms with van der Waals surface area (Å²) < 4.78 is 27.5. The molecule has 152 valence electrons. The molecule has 0 aromatic heterocycles. The summed E-state index contributed by atoms with van der Waals surface area (Å²) in [4.78, 5) is 0. The molecule has 0 spiro atoms. The zero-order valence-corrected chi connectivity index (χ0v) is 18.0. The average molecular weight is 377 g/mol. The molecule has 0 saturated heterocycles. The van der Waals surface area contributed by atoms with Crippen LogP contribution >= 0.6 is 0 Å². The molecule has 0 heterocycles. The standard InChI is InChI=1S/C20H28F2.C3H4.C2H6/c1-13-3-5-15(6-4-13)16-7-9-17(10-8-16)18-11-19(21)14(2)20(22)12-18;1-3-2;1-2/h11-13,15-17H,3-10H2,1-2H3;1H,2H3;1-2H3. The first-order valence-electron chi connectivity index (χ1n) is 10.8. The smallest absolute Gasteiger partial charge is 0.129 e. The number of terminal acetylenes is 1. The molecular weight excluding hydrogens is 338 g/mol. The lowest BCUT2D eigenvalue weighted by atomic mass is 9.68. The van der Waals surface area contributed by atoms with Crippen LogP contribution in [-0.4, -0.2) is 0 Å². The molecule has 0 bridgehead atoms. The van der Waals surface area contributed by atoms with Crippen molar-refractivity contribution >= 4 is 0 Å². The van der Waals surface area contributed by atoms with Gasteiger partial charge in [0.25, 0.3) is 0 Å². The summed E-state index contributed by atoms with van der Waals surface area (Å²) in [5.74, 6) is 4.48. The molecule has 0 atom stereocenters. The van der Waals surface area contributed by atoms with Gasteiger partial charge < -0.3 is 0 Å². The average Bonchev–Trinajstić information content (AvgIpc) is 2.69. The Bertz CT molecular complexity index is 560. The molecule has 0 aliphatic heterocycles. The zero-order chi connectivity index (χ0) is 20.4. The van der Waals surface area contributed by atoms with E-state index in [0.29, 0.717) is 5.92 Å². The van der Waals surface area contributed by atoms with Crippen LogP contribution < -0.4 is 0 Å². The van der Waals surface area contributed by atoms with E-state index in [1.165, 1.54) is 45.4 Å². The van der Waals surface area contributed by atoms with Crippen molar-refractivity contribution in [1.29, 1.82) is 0 Å². The van der Waals surface area contributed by atoms with Crippen LogP contribution in [0.1, 0.15) is 96.1 Å². The largest absolute Gasteiger partial charge is 0.207 e. The number of halogens is 2. The van der Waals surface area contributed by atoms with Crippen molar-refractivity contribution in [2.45, 2.75) is 91.9 Å². The van der Waals surface area contributed by atoms with Gasteiger partial charge in [-0.1, -0.05) is 33.6 Å². The maximum Gasteiger partial charge on any atom is 0.129 e. The minimum Gasteiger partial charge on any atom is -0.207 e. The maximum atomic E-state index is 13.8. The fraction of sp³-hybridized carbons (Fsp3) is 0.680. The van der Waals surface area contributed by atoms with Crippen molar-refractivity contribution in [3.63, 3.8) is 0 Å². The molecule has 0 amide bonds. The SMILES string of the molecule is C#CC.CC.Cc1c(F)cc(C2CCC(C3CCC(C)CC3)CC2)cc1F. The van der Waals surface area contributed by atoms with Gasteiger partial charge in [0.1, 0.15) is 11.6 Å². The summed E-state index contributed by atoms with van der Waals surface area (Å²) >= 11 is 0. The van der Waals surface area contributed by atoms with E-state index in [4.69, 9.17) is 0 Å². The monoisotopic (exact) mass is 376 g/mol. The lowest BCUT2D eigenvalue weighted by Crippen LogP contribution is -2.24. The molecule has 0 N–H and O–H groups in total. The lowest BCUT2D eigenvalue weighted by Gasteiger charge is -2.37. The minimum absolute atomic E-state index is 0.147. The molecule has 2 aliphatic rings. The summed E-state index contributed by atoms with van der Waals surface area (Å²) in [6.07, 6.45) is 14.8. The van der Waals surface area contributed by atoms with Gasteiger partial charge in [-0.2, -0.15) is 0 Å². The Balaban J connectivity index is 0.000000665. The highest BCUT2D eigenvalue weighted by Gasteiger charge is 2.30. The van der Waals surface area contributed by atoms with Crippen LogP contribution in [0.25, 0.3) is 0 Å². The predicted molar refractivity (Wildman–Crippen MR) is 113 cm³/mol. The van der Waals surface area contributed by atoms with Crippen LogP contribution in [0.15, 0.2) is 12.1 Å². The topological polar surface area (TPSA) is 0 Å². The Labute approximate surface area is 166 Å². The molecule has 2 saturated carbocycles. The Kier molecular flexibility index (Phi) is 10.7. The Hall–Kier alpha value is -1.36. The van der Waals surface area contributed by atoms with Crippen LogP contribution in [0.3, 0.4) is 0 Å². The van der Waals surface area contributed by atoms with E-state index in [0.717, 1.165) is 36.2 Å². The van der Waals surface area contributed by atoms with E-state index in [1.54, 1.807) is 19.1 Å². The predicted octanol–water partition coefficient (Wildman–Crippen LogP) is 8.04. The van der Waals surface area contributed by atoms with Gasteiger partial charge in [-0.25, -0.2) is 8.78 Å². The summed E-state index contributed by atoms with van der Waals surface area (Å²) in [6.45, 7) is 9.53. The van der Waals surface area contributed by atoms with Gasteiger partial charge in [0, 0.05) is 5.56 Å². The molecule has 0 nitrogen and oxygen atoms in total. The van der Waals surface area contributed by atoms with Crippen molar-refractivity contribution < 1.29 is 8.78 Å². The van der Waals surface area contributed by atoms with Gasteiger partial charge in [0.05, 0.1) is 0 Å². The van der Waals surface area contributed by atoms with Gasteiger partial charge in [-0.05, 0) is 93.7 Å². The van der Waals surface area contributed by atoms with Crippen LogP contribution in [0, 0.1) is 48.7 Å². The first kappa shape index (κ1) is 23.7. The minimum atomic E-state index is -0.390. The van der Waals surface area contributed by atoms with Crippen LogP contribution in [0.4, 0.5) is 8.78 Å². The third kappa shape index (κ3) is 6.95. The first-order chi connectivity index (χ1) is 13.0. The second kappa shape index (κ2) is 12.2. The molecule has 2 aliphatic carbocycles. The molecule has 2 fully saturated rings. The maximum absolute atomic E-state index is 13.8. The molecule has 27 heavy (non-hydrogen) atoms. The van der Waals surface area contributed by atoms with Crippen molar-refractivity contribution in [2.24, 2.45) is 17.8 Å². The Morgan fingerprint density at radius 3 is 1.63 bits per heavy atom. The molecule has 0 unspecified atom stereocenters. The second-order valence-corrected chi connectivity index (χ2v) is 8.03. The highest BCUT2D eigenvalue weighted by atomic mass is 19.1. The highest BCUT2D eigenvalue weighted by Crippen LogP contribution is 2.44. The molecule has 1 aromatic carbocycles. The number of benzene rings is 1. The van der Waals surface area contributed by atoms with E-state index < -0.39 is 11.6 Å². The van der Waals surface area contributed by atoms with Crippen molar-refractivity contribution in [3.8, 4) is 12.3 Å². The highest BCUT2D eigenvalue weighted by molar-refractivity contribution is 5.28. The van der Waals surface area contributed by atoms with Crippen molar-refractivity contribution in [3.05, 3.63) is 34.9 Å². The van der Waals surface area contributed by atoms with Gasteiger partial charge >= 0.3 is 0 Å². The lowest BCUT2D eigenvalue weighted by molar-refractivity contribution is 0.165. The Morgan fingerprint density at radius 1 is 0.852 bits per heavy atom. The fourth-order valence-electron chi connectivity index (χ4n) is 4.58. The van der Waals surface area contributed by atoms with E-state index in [1.807, 2.05) is 13.8 Å². The van der Waals surface area contributed by atoms with Crippen molar-refractivity contribution in [2.75, 3.05) is 0 Å². The summed E-state index contributed by atoms with van der Waals surface area (Å²) in [7, 11) is 0. The van der Waals surface area contributed by atoms with Gasteiger partial charge in [-0.15, -0.1) is 12.3 Å². The summed E-state index contributed by atoms with van der Waals surface area (Å²) in [5, 5.41) is 0. The van der Waals surface area contributed by atoms with E-state index in [2.05, 4.69) is 19.3 Å². The Morgan fingerprint density at radius 2 is 1.22 bits per heavy atom. The third-order valence-corrected chi connectivity index (χ3v) is 6.27. The van der Waals surface area contributed by atoms with Crippen molar-refractivity contribution in [1.82, 2.24) is 0 Å². The van der Waals surface area contributed by atoms with Gasteiger partial charge in [0.2, 0.25) is 0 Å². The van der Waals surface area contributed by atoms with Gasteiger partial charge in [-0.3, -0.25) is 0 Å².